The third kappa shape index (κ3) is 4.66. The van der Waals surface area contributed by atoms with E-state index in [1.165, 1.54) is 85.7 Å². The summed E-state index contributed by atoms with van der Waals surface area (Å²) in [5, 5.41) is 2.76. The van der Waals surface area contributed by atoms with Gasteiger partial charge in [0, 0.05) is 42.3 Å². The van der Waals surface area contributed by atoms with Crippen LogP contribution in [0.1, 0.15) is 43.2 Å². The van der Waals surface area contributed by atoms with Crippen molar-refractivity contribution in [2.24, 2.45) is 0 Å². The highest BCUT2D eigenvalue weighted by atomic mass is 32.1. The first-order valence-corrected chi connectivity index (χ1v) is 18.1. The number of hydrogen-bond donors (Lipinski definition) is 0. The highest BCUT2D eigenvalue weighted by Gasteiger charge is 2.44. The summed E-state index contributed by atoms with van der Waals surface area (Å²) < 4.78 is 2.72. The molecule has 2 aromatic heterocycles. The maximum absolute atomic E-state index is 5.15. The molecular formula is C45H33N3S. The zero-order valence-electron chi connectivity index (χ0n) is 27.1. The Hall–Kier alpha value is -5.45. The summed E-state index contributed by atoms with van der Waals surface area (Å²) >= 11 is 1.90. The van der Waals surface area contributed by atoms with E-state index in [0.29, 0.717) is 17.5 Å². The third-order valence-corrected chi connectivity index (χ3v) is 11.9. The van der Waals surface area contributed by atoms with Crippen molar-refractivity contribution in [3.8, 4) is 56.4 Å². The normalized spacial score (nSPS) is 14.7. The van der Waals surface area contributed by atoms with Gasteiger partial charge in [0.25, 0.3) is 0 Å². The fraction of sp³-hybridized carbons (Fsp3) is 0.133. The van der Waals surface area contributed by atoms with Crippen LogP contribution in [0.3, 0.4) is 0 Å². The lowest BCUT2D eigenvalue weighted by molar-refractivity contribution is 0.353. The summed E-state index contributed by atoms with van der Waals surface area (Å²) in [6.07, 6.45) is 6.25. The lowest BCUT2D eigenvalue weighted by atomic mass is 9.67. The smallest absolute Gasteiger partial charge is 0.164 e. The van der Waals surface area contributed by atoms with Gasteiger partial charge in [-0.25, -0.2) is 15.0 Å². The van der Waals surface area contributed by atoms with E-state index in [-0.39, 0.29) is 5.41 Å². The number of benzene rings is 6. The lowest BCUT2D eigenvalue weighted by Crippen LogP contribution is -2.28. The van der Waals surface area contributed by atoms with Crippen LogP contribution in [0.5, 0.6) is 0 Å². The maximum Gasteiger partial charge on any atom is 0.164 e. The number of hydrogen-bond acceptors (Lipinski definition) is 4. The average molecular weight is 648 g/mol. The van der Waals surface area contributed by atoms with Crippen molar-refractivity contribution in [2.45, 2.75) is 37.5 Å². The largest absolute Gasteiger partial charge is 0.208 e. The fourth-order valence-electron chi connectivity index (χ4n) is 8.35. The Labute approximate surface area is 290 Å². The van der Waals surface area contributed by atoms with Crippen LogP contribution in [-0.2, 0) is 5.41 Å². The van der Waals surface area contributed by atoms with Crippen LogP contribution in [0.4, 0.5) is 0 Å². The lowest BCUT2D eigenvalue weighted by Gasteiger charge is -2.36. The van der Waals surface area contributed by atoms with E-state index in [9.17, 15) is 0 Å². The molecule has 0 saturated heterocycles. The standard InChI is InChI=1S/C45H33N3S/c1-4-12-29(13-5-1)30-18-20-32(21-19-30)43-46-42(31-14-6-2-7-15-31)47-44(48-43)33-22-23-38-35(26-33)36-28-41-37(34-16-8-9-17-40(34)49-41)27-39(36)45(38)24-10-3-11-25-45/h1-2,4-9,12-23,26-28H,3,10-11,24-25H2. The van der Waals surface area contributed by atoms with Gasteiger partial charge < -0.3 is 0 Å². The van der Waals surface area contributed by atoms with Crippen LogP contribution in [-0.4, -0.2) is 15.0 Å². The molecule has 3 nitrogen and oxygen atoms in total. The molecule has 49 heavy (non-hydrogen) atoms. The molecule has 2 aliphatic rings. The van der Waals surface area contributed by atoms with Crippen molar-refractivity contribution < 1.29 is 0 Å². The Morgan fingerprint density at radius 3 is 1.69 bits per heavy atom. The number of rotatable bonds is 4. The minimum Gasteiger partial charge on any atom is -0.208 e. The molecule has 0 radical (unpaired) electrons. The molecule has 0 aliphatic heterocycles. The van der Waals surface area contributed by atoms with Crippen molar-refractivity contribution in [3.63, 3.8) is 0 Å². The zero-order chi connectivity index (χ0) is 32.4. The first-order valence-electron chi connectivity index (χ1n) is 17.3. The summed E-state index contributed by atoms with van der Waals surface area (Å²) in [6, 6.07) is 50.2. The molecule has 0 unspecified atom stereocenters. The minimum absolute atomic E-state index is 0.0681. The van der Waals surface area contributed by atoms with Crippen LogP contribution in [0, 0.1) is 0 Å². The van der Waals surface area contributed by atoms with Crippen LogP contribution >= 0.6 is 11.3 Å². The van der Waals surface area contributed by atoms with E-state index in [2.05, 4.69) is 115 Å². The molecule has 234 valence electrons. The number of fused-ring (bicyclic) bond motifs is 8. The van der Waals surface area contributed by atoms with Crippen LogP contribution in [0.25, 0.3) is 76.6 Å². The van der Waals surface area contributed by atoms with Gasteiger partial charge in [0.05, 0.1) is 0 Å². The summed E-state index contributed by atoms with van der Waals surface area (Å²) in [7, 11) is 0. The molecule has 2 aliphatic carbocycles. The van der Waals surface area contributed by atoms with Gasteiger partial charge >= 0.3 is 0 Å². The van der Waals surface area contributed by atoms with Crippen molar-refractivity contribution in [1.82, 2.24) is 15.0 Å². The van der Waals surface area contributed by atoms with Crippen molar-refractivity contribution in [2.75, 3.05) is 0 Å². The second-order valence-corrected chi connectivity index (χ2v) is 14.6. The Morgan fingerprint density at radius 2 is 0.959 bits per heavy atom. The molecule has 8 aromatic rings. The number of thiophene rings is 1. The van der Waals surface area contributed by atoms with Crippen molar-refractivity contribution in [3.05, 3.63) is 151 Å². The molecule has 1 saturated carbocycles. The predicted octanol–water partition coefficient (Wildman–Crippen LogP) is 12.1. The fourth-order valence-corrected chi connectivity index (χ4v) is 9.47. The summed E-state index contributed by atoms with van der Waals surface area (Å²) in [6.45, 7) is 0. The van der Waals surface area contributed by atoms with Gasteiger partial charge in [-0.1, -0.05) is 135 Å². The van der Waals surface area contributed by atoms with E-state index >= 15 is 0 Å². The topological polar surface area (TPSA) is 38.7 Å². The minimum atomic E-state index is 0.0681. The van der Waals surface area contributed by atoms with E-state index in [1.807, 2.05) is 35.6 Å². The monoisotopic (exact) mass is 647 g/mol. The van der Waals surface area contributed by atoms with Crippen LogP contribution < -0.4 is 0 Å². The highest BCUT2D eigenvalue weighted by molar-refractivity contribution is 7.25. The van der Waals surface area contributed by atoms with Gasteiger partial charge in [-0.15, -0.1) is 11.3 Å². The first-order chi connectivity index (χ1) is 24.2. The van der Waals surface area contributed by atoms with Gasteiger partial charge in [0.2, 0.25) is 0 Å². The van der Waals surface area contributed by atoms with E-state index in [4.69, 9.17) is 15.0 Å². The van der Waals surface area contributed by atoms with Crippen molar-refractivity contribution >= 4 is 31.5 Å². The highest BCUT2D eigenvalue weighted by Crippen LogP contribution is 2.57. The Balaban J connectivity index is 1.14. The van der Waals surface area contributed by atoms with Crippen LogP contribution in [0.2, 0.25) is 0 Å². The molecule has 0 amide bonds. The number of nitrogens with zero attached hydrogens (tertiary/aromatic N) is 3. The van der Waals surface area contributed by atoms with Gasteiger partial charge in [0.15, 0.2) is 17.5 Å². The second kappa shape index (κ2) is 11.3. The van der Waals surface area contributed by atoms with E-state index < -0.39 is 0 Å². The van der Waals surface area contributed by atoms with E-state index in [0.717, 1.165) is 16.7 Å². The zero-order valence-corrected chi connectivity index (χ0v) is 27.9. The van der Waals surface area contributed by atoms with Gasteiger partial charge in [-0.3, -0.25) is 0 Å². The molecule has 0 N–H and O–H groups in total. The summed E-state index contributed by atoms with van der Waals surface area (Å²) in [5.74, 6) is 2.07. The second-order valence-electron chi connectivity index (χ2n) is 13.5. The molecule has 10 rings (SSSR count). The van der Waals surface area contributed by atoms with E-state index in [1.54, 1.807) is 0 Å². The van der Waals surface area contributed by atoms with Gasteiger partial charge in [-0.05, 0) is 70.5 Å². The Bertz CT molecular complexity index is 2510. The molecule has 1 fully saturated rings. The molecule has 6 aromatic carbocycles. The molecule has 4 heteroatoms. The molecule has 2 heterocycles. The van der Waals surface area contributed by atoms with Crippen LogP contribution in [0.15, 0.2) is 140 Å². The Kier molecular flexibility index (Phi) is 6.60. The average Bonchev–Trinajstić information content (AvgIpc) is 3.67. The Morgan fingerprint density at radius 1 is 0.408 bits per heavy atom. The third-order valence-electron chi connectivity index (χ3n) is 10.7. The first kappa shape index (κ1) is 28.6. The molecular weight excluding hydrogens is 615 g/mol. The van der Waals surface area contributed by atoms with Crippen molar-refractivity contribution in [1.29, 1.82) is 0 Å². The molecule has 0 atom stereocenters. The quantitative estimate of drug-likeness (QED) is 0.191. The molecule has 1 spiro atoms. The summed E-state index contributed by atoms with van der Waals surface area (Å²) in [4.78, 5) is 15.3. The van der Waals surface area contributed by atoms with Gasteiger partial charge in [0.1, 0.15) is 0 Å². The summed E-state index contributed by atoms with van der Waals surface area (Å²) in [5.41, 5.74) is 11.1. The maximum atomic E-state index is 5.15. The SMILES string of the molecule is c1ccc(-c2ccc(-c3nc(-c4ccccc4)nc(-c4ccc5c(c4)-c4cc6sc7ccccc7c6cc4C54CCCCC4)n3)cc2)cc1. The van der Waals surface area contributed by atoms with Gasteiger partial charge in [-0.2, -0.15) is 0 Å². The molecule has 0 bridgehead atoms. The predicted molar refractivity (Wildman–Crippen MR) is 204 cm³/mol. The number of aromatic nitrogens is 3.